The topological polar surface area (TPSA) is 66.8 Å². The van der Waals surface area contributed by atoms with Crippen LogP contribution in [-0.2, 0) is 9.53 Å². The van der Waals surface area contributed by atoms with Crippen LogP contribution in [0.4, 0.5) is 0 Å². The van der Waals surface area contributed by atoms with Crippen LogP contribution in [0.25, 0.3) is 0 Å². The molecule has 5 nitrogen and oxygen atoms in total. The average Bonchev–Trinajstić information content (AvgIpc) is 2.65. The lowest BCUT2D eigenvalue weighted by atomic mass is 9.92. The van der Waals surface area contributed by atoms with Gasteiger partial charge in [-0.1, -0.05) is 64.1 Å². The van der Waals surface area contributed by atoms with Gasteiger partial charge in [-0.15, -0.1) is 0 Å². The second kappa shape index (κ2) is 8.91. The summed E-state index contributed by atoms with van der Waals surface area (Å²) in [5.41, 5.74) is 2.29. The van der Waals surface area contributed by atoms with Crippen LogP contribution < -0.4 is 0 Å². The molecule has 2 rings (SSSR count). The van der Waals surface area contributed by atoms with Crippen LogP contribution in [-0.4, -0.2) is 36.0 Å². The molecule has 0 saturated heterocycles. The number of carbonyl (C=O) groups excluding carboxylic acids is 2. The molecule has 0 aliphatic carbocycles. The standard InChI is InChI=1S/C23H29NO4/c1-14(2)17-12-18(15(3)4)20(25)19(13-17)23(27)28-21(22(26)24(5)6)16-10-8-7-9-11-16/h7-15,21,25H,1-6H3. The summed E-state index contributed by atoms with van der Waals surface area (Å²) in [6.07, 6.45) is -1.08. The van der Waals surface area contributed by atoms with E-state index in [1.165, 1.54) is 4.90 Å². The van der Waals surface area contributed by atoms with Crippen LogP contribution in [0, 0.1) is 0 Å². The summed E-state index contributed by atoms with van der Waals surface area (Å²) in [4.78, 5) is 27.0. The molecule has 2 aromatic carbocycles. The zero-order valence-corrected chi connectivity index (χ0v) is 17.4. The molecule has 1 atom stereocenters. The van der Waals surface area contributed by atoms with Crippen molar-refractivity contribution in [3.63, 3.8) is 0 Å². The minimum absolute atomic E-state index is 0.0403. The Kier molecular flexibility index (Phi) is 6.84. The number of carbonyl (C=O) groups is 2. The first-order valence-corrected chi connectivity index (χ1v) is 9.47. The number of ether oxygens (including phenoxy) is 1. The van der Waals surface area contributed by atoms with E-state index in [9.17, 15) is 14.7 Å². The van der Waals surface area contributed by atoms with Crippen LogP contribution in [0.2, 0.25) is 0 Å². The Morgan fingerprint density at radius 3 is 2.04 bits per heavy atom. The molecule has 1 amide bonds. The van der Waals surface area contributed by atoms with Gasteiger partial charge in [-0.05, 0) is 29.0 Å². The molecule has 0 aliphatic heterocycles. The first-order valence-electron chi connectivity index (χ1n) is 9.47. The number of phenols is 1. The van der Waals surface area contributed by atoms with Crippen molar-refractivity contribution in [3.05, 3.63) is 64.7 Å². The summed E-state index contributed by atoms with van der Waals surface area (Å²) in [5, 5.41) is 10.7. The van der Waals surface area contributed by atoms with Crippen LogP contribution in [0.15, 0.2) is 42.5 Å². The fourth-order valence-electron chi connectivity index (χ4n) is 2.90. The Balaban J connectivity index is 2.47. The van der Waals surface area contributed by atoms with Gasteiger partial charge >= 0.3 is 5.97 Å². The number of benzene rings is 2. The maximum atomic E-state index is 13.0. The number of aromatic hydroxyl groups is 1. The van der Waals surface area contributed by atoms with Crippen molar-refractivity contribution in [1.29, 1.82) is 0 Å². The quantitative estimate of drug-likeness (QED) is 0.739. The lowest BCUT2D eigenvalue weighted by molar-refractivity contribution is -0.138. The zero-order chi connectivity index (χ0) is 21.0. The van der Waals surface area contributed by atoms with Crippen LogP contribution >= 0.6 is 0 Å². The molecule has 0 spiro atoms. The monoisotopic (exact) mass is 383 g/mol. The minimum Gasteiger partial charge on any atom is -0.507 e. The highest BCUT2D eigenvalue weighted by molar-refractivity contribution is 5.95. The molecular weight excluding hydrogens is 354 g/mol. The minimum atomic E-state index is -1.08. The van der Waals surface area contributed by atoms with Gasteiger partial charge in [0.15, 0.2) is 0 Å². The Morgan fingerprint density at radius 2 is 1.54 bits per heavy atom. The van der Waals surface area contributed by atoms with E-state index >= 15 is 0 Å². The fourth-order valence-corrected chi connectivity index (χ4v) is 2.90. The maximum absolute atomic E-state index is 13.0. The fraction of sp³-hybridized carbons (Fsp3) is 0.391. The zero-order valence-electron chi connectivity index (χ0n) is 17.4. The van der Waals surface area contributed by atoms with E-state index in [4.69, 9.17) is 4.74 Å². The van der Waals surface area contributed by atoms with Gasteiger partial charge in [0.25, 0.3) is 5.91 Å². The SMILES string of the molecule is CC(C)c1cc(C(=O)OC(C(=O)N(C)C)c2ccccc2)c(O)c(C(C)C)c1. The van der Waals surface area contributed by atoms with Crippen molar-refractivity contribution in [2.45, 2.75) is 45.6 Å². The maximum Gasteiger partial charge on any atom is 0.343 e. The van der Waals surface area contributed by atoms with Gasteiger partial charge in [0.05, 0.1) is 0 Å². The second-order valence-corrected chi connectivity index (χ2v) is 7.74. The van der Waals surface area contributed by atoms with E-state index in [1.807, 2.05) is 39.8 Å². The van der Waals surface area contributed by atoms with Gasteiger partial charge in [-0.25, -0.2) is 4.79 Å². The third-order valence-electron chi connectivity index (χ3n) is 4.66. The van der Waals surface area contributed by atoms with Crippen molar-refractivity contribution < 1.29 is 19.4 Å². The molecule has 2 aromatic rings. The molecule has 0 saturated carbocycles. The first kappa shape index (κ1) is 21.5. The van der Waals surface area contributed by atoms with Crippen molar-refractivity contribution in [3.8, 4) is 5.75 Å². The molecule has 0 aromatic heterocycles. The predicted octanol–water partition coefficient (Wildman–Crippen LogP) is 4.63. The van der Waals surface area contributed by atoms with Crippen molar-refractivity contribution in [2.75, 3.05) is 14.1 Å². The van der Waals surface area contributed by atoms with Crippen LogP contribution in [0.1, 0.15) is 72.7 Å². The number of nitrogens with zero attached hydrogens (tertiary/aromatic N) is 1. The number of hydrogen-bond donors (Lipinski definition) is 1. The van der Waals surface area contributed by atoms with Crippen LogP contribution in [0.5, 0.6) is 5.75 Å². The third kappa shape index (κ3) is 4.71. The predicted molar refractivity (Wildman–Crippen MR) is 110 cm³/mol. The summed E-state index contributed by atoms with van der Waals surface area (Å²) in [6.45, 7) is 7.95. The summed E-state index contributed by atoms with van der Waals surface area (Å²) >= 11 is 0. The molecule has 0 aliphatic rings. The number of hydrogen-bond acceptors (Lipinski definition) is 4. The largest absolute Gasteiger partial charge is 0.507 e. The number of rotatable bonds is 6. The van der Waals surface area contributed by atoms with E-state index in [-0.39, 0.29) is 29.1 Å². The molecule has 0 fully saturated rings. The van der Waals surface area contributed by atoms with E-state index in [0.29, 0.717) is 11.1 Å². The van der Waals surface area contributed by atoms with E-state index in [2.05, 4.69) is 0 Å². The summed E-state index contributed by atoms with van der Waals surface area (Å²) in [6, 6.07) is 12.4. The average molecular weight is 383 g/mol. The van der Waals surface area contributed by atoms with Crippen molar-refractivity contribution >= 4 is 11.9 Å². The number of phenolic OH excluding ortho intramolecular Hbond substituents is 1. The Bertz CT molecular complexity index is 841. The van der Waals surface area contributed by atoms with Gasteiger partial charge in [-0.2, -0.15) is 0 Å². The molecule has 0 heterocycles. The Morgan fingerprint density at radius 1 is 0.929 bits per heavy atom. The first-order chi connectivity index (χ1) is 13.1. The number of amides is 1. The normalized spacial score (nSPS) is 12.1. The van der Waals surface area contributed by atoms with E-state index < -0.39 is 12.1 Å². The van der Waals surface area contributed by atoms with Gasteiger partial charge in [0, 0.05) is 19.7 Å². The van der Waals surface area contributed by atoms with Gasteiger partial charge in [0.1, 0.15) is 11.3 Å². The van der Waals surface area contributed by atoms with Crippen molar-refractivity contribution in [1.82, 2.24) is 4.90 Å². The molecule has 150 valence electrons. The van der Waals surface area contributed by atoms with Gasteiger partial charge < -0.3 is 14.7 Å². The smallest absolute Gasteiger partial charge is 0.343 e. The molecule has 0 bridgehead atoms. The highest BCUT2D eigenvalue weighted by Crippen LogP contribution is 2.34. The highest BCUT2D eigenvalue weighted by atomic mass is 16.5. The van der Waals surface area contributed by atoms with Gasteiger partial charge in [-0.3, -0.25) is 4.79 Å². The molecular formula is C23H29NO4. The van der Waals surface area contributed by atoms with Gasteiger partial charge in [0.2, 0.25) is 6.10 Å². The number of esters is 1. The summed E-state index contributed by atoms with van der Waals surface area (Å²) in [7, 11) is 3.22. The highest BCUT2D eigenvalue weighted by Gasteiger charge is 2.29. The molecule has 28 heavy (non-hydrogen) atoms. The molecule has 0 radical (unpaired) electrons. The lowest BCUT2D eigenvalue weighted by Crippen LogP contribution is -2.31. The van der Waals surface area contributed by atoms with E-state index in [0.717, 1.165) is 5.56 Å². The van der Waals surface area contributed by atoms with E-state index in [1.54, 1.807) is 44.4 Å². The molecule has 1 N–H and O–H groups in total. The molecule has 5 heteroatoms. The summed E-state index contributed by atoms with van der Waals surface area (Å²) < 4.78 is 5.61. The van der Waals surface area contributed by atoms with Crippen LogP contribution in [0.3, 0.4) is 0 Å². The van der Waals surface area contributed by atoms with Crippen molar-refractivity contribution in [2.24, 2.45) is 0 Å². The lowest BCUT2D eigenvalue weighted by Gasteiger charge is -2.22. The Labute approximate surface area is 166 Å². The Hall–Kier alpha value is -2.82. The number of likely N-dealkylation sites (N-methyl/N-ethyl adjacent to an activating group) is 1. The summed E-state index contributed by atoms with van der Waals surface area (Å²) in [5.74, 6) is -0.931. The second-order valence-electron chi connectivity index (χ2n) is 7.74. The molecule has 1 unspecified atom stereocenters. The third-order valence-corrected chi connectivity index (χ3v) is 4.66.